The predicted octanol–water partition coefficient (Wildman–Crippen LogP) is 2.18. The van der Waals surface area contributed by atoms with Gasteiger partial charge in [0.15, 0.2) is 0 Å². The van der Waals surface area contributed by atoms with E-state index in [1.807, 2.05) is 20.8 Å². The Morgan fingerprint density at radius 3 is 2.76 bits per heavy atom. The summed E-state index contributed by atoms with van der Waals surface area (Å²) in [5, 5.41) is 7.26. The summed E-state index contributed by atoms with van der Waals surface area (Å²) in [6.45, 7) is 8.03. The van der Waals surface area contributed by atoms with E-state index in [9.17, 15) is 8.42 Å². The van der Waals surface area contributed by atoms with Gasteiger partial charge in [0.2, 0.25) is 0 Å². The Morgan fingerprint density at radius 2 is 2.14 bits per heavy atom. The van der Waals surface area contributed by atoms with Crippen molar-refractivity contribution in [2.24, 2.45) is 0 Å². The molecule has 0 aliphatic heterocycles. The van der Waals surface area contributed by atoms with Gasteiger partial charge in [-0.05, 0) is 26.5 Å². The molecule has 0 aliphatic rings. The first kappa shape index (κ1) is 16.0. The number of thiophene rings is 1. The molecule has 0 radical (unpaired) electrons. The number of nitrogens with zero attached hydrogens (tertiary/aromatic N) is 2. The second-order valence-corrected chi connectivity index (χ2v) is 7.60. The smallest absolute Gasteiger partial charge is 0.263 e. The van der Waals surface area contributed by atoms with Crippen LogP contribution in [0.1, 0.15) is 23.6 Å². The van der Waals surface area contributed by atoms with Crippen molar-refractivity contribution in [3.63, 3.8) is 0 Å². The largest absolute Gasteiger partial charge is 0.312 e. The molecule has 21 heavy (non-hydrogen) atoms. The molecule has 8 heteroatoms. The number of hydrogen-bond donors (Lipinski definition) is 2. The zero-order valence-electron chi connectivity index (χ0n) is 12.4. The fraction of sp³-hybridized carbons (Fsp3) is 0.462. The SMILES string of the molecule is CCNCc1cc(S(=O)(=O)Nc2cnn(CC)c2)c(C)s1. The molecule has 0 spiro atoms. The van der Waals surface area contributed by atoms with Gasteiger partial charge in [-0.2, -0.15) is 5.10 Å². The molecule has 0 bridgehead atoms. The molecule has 0 atom stereocenters. The van der Waals surface area contributed by atoms with Crippen LogP contribution in [0.4, 0.5) is 5.69 Å². The van der Waals surface area contributed by atoms with Gasteiger partial charge in [-0.25, -0.2) is 8.42 Å². The lowest BCUT2D eigenvalue weighted by molar-refractivity contribution is 0.601. The van der Waals surface area contributed by atoms with Crippen LogP contribution in [0.3, 0.4) is 0 Å². The van der Waals surface area contributed by atoms with Crippen LogP contribution in [0.15, 0.2) is 23.4 Å². The number of nitrogens with one attached hydrogen (secondary N) is 2. The summed E-state index contributed by atoms with van der Waals surface area (Å²) in [6.07, 6.45) is 3.20. The lowest BCUT2D eigenvalue weighted by Crippen LogP contribution is -2.13. The standard InChI is InChI=1S/C13H20N4O2S2/c1-4-14-8-12-6-13(10(3)20-12)21(18,19)16-11-7-15-17(5-2)9-11/h6-7,9,14,16H,4-5,8H2,1-3H3. The van der Waals surface area contributed by atoms with Crippen molar-refractivity contribution in [3.8, 4) is 0 Å². The van der Waals surface area contributed by atoms with E-state index in [1.54, 1.807) is 16.9 Å². The molecule has 2 aromatic heterocycles. The first-order chi connectivity index (χ1) is 9.96. The van der Waals surface area contributed by atoms with Crippen molar-refractivity contribution in [1.29, 1.82) is 0 Å². The maximum absolute atomic E-state index is 12.4. The molecular weight excluding hydrogens is 308 g/mol. The fourth-order valence-corrected chi connectivity index (χ4v) is 4.56. The van der Waals surface area contributed by atoms with Crippen LogP contribution < -0.4 is 10.0 Å². The van der Waals surface area contributed by atoms with E-state index in [4.69, 9.17) is 0 Å². The Balaban J connectivity index is 2.20. The van der Waals surface area contributed by atoms with Crippen LogP contribution in [0.2, 0.25) is 0 Å². The maximum Gasteiger partial charge on any atom is 0.263 e. The molecule has 0 unspecified atom stereocenters. The highest BCUT2D eigenvalue weighted by Gasteiger charge is 2.20. The van der Waals surface area contributed by atoms with Gasteiger partial charge in [-0.1, -0.05) is 6.92 Å². The molecule has 2 rings (SSSR count). The summed E-state index contributed by atoms with van der Waals surface area (Å²) in [4.78, 5) is 2.14. The third kappa shape index (κ3) is 3.84. The van der Waals surface area contributed by atoms with E-state index in [0.29, 0.717) is 23.7 Å². The third-order valence-electron chi connectivity index (χ3n) is 2.97. The first-order valence-electron chi connectivity index (χ1n) is 6.81. The molecule has 0 amide bonds. The van der Waals surface area contributed by atoms with Crippen LogP contribution >= 0.6 is 11.3 Å². The normalized spacial score (nSPS) is 11.8. The zero-order chi connectivity index (χ0) is 15.5. The van der Waals surface area contributed by atoms with E-state index >= 15 is 0 Å². The summed E-state index contributed by atoms with van der Waals surface area (Å²) >= 11 is 1.50. The fourth-order valence-electron chi connectivity index (χ4n) is 1.93. The van der Waals surface area contributed by atoms with Gasteiger partial charge in [0.1, 0.15) is 4.90 Å². The highest BCUT2D eigenvalue weighted by molar-refractivity contribution is 7.93. The second kappa shape index (κ2) is 6.59. The molecule has 0 aromatic carbocycles. The van der Waals surface area contributed by atoms with Crippen molar-refractivity contribution in [2.75, 3.05) is 11.3 Å². The highest BCUT2D eigenvalue weighted by Crippen LogP contribution is 2.27. The third-order valence-corrected chi connectivity index (χ3v) is 5.66. The van der Waals surface area contributed by atoms with Crippen molar-refractivity contribution in [1.82, 2.24) is 15.1 Å². The van der Waals surface area contributed by atoms with Gasteiger partial charge in [-0.15, -0.1) is 11.3 Å². The maximum atomic E-state index is 12.4. The zero-order valence-corrected chi connectivity index (χ0v) is 14.0. The number of anilines is 1. The number of aromatic nitrogens is 2. The Labute approximate surface area is 129 Å². The van der Waals surface area contributed by atoms with Gasteiger partial charge in [0, 0.05) is 29.0 Å². The monoisotopic (exact) mass is 328 g/mol. The molecule has 2 N–H and O–H groups in total. The van der Waals surface area contributed by atoms with E-state index < -0.39 is 10.0 Å². The Morgan fingerprint density at radius 1 is 1.38 bits per heavy atom. The number of hydrogen-bond acceptors (Lipinski definition) is 5. The van der Waals surface area contributed by atoms with E-state index in [1.165, 1.54) is 17.5 Å². The minimum atomic E-state index is -3.56. The van der Waals surface area contributed by atoms with Gasteiger partial charge < -0.3 is 5.32 Å². The average Bonchev–Trinajstić information content (AvgIpc) is 3.02. The summed E-state index contributed by atoms with van der Waals surface area (Å²) in [5.74, 6) is 0. The summed E-state index contributed by atoms with van der Waals surface area (Å²) in [7, 11) is -3.56. The van der Waals surface area contributed by atoms with E-state index in [0.717, 1.165) is 16.3 Å². The second-order valence-electron chi connectivity index (χ2n) is 4.60. The first-order valence-corrected chi connectivity index (χ1v) is 9.11. The Hall–Kier alpha value is -1.38. The minimum absolute atomic E-state index is 0.338. The van der Waals surface area contributed by atoms with E-state index in [2.05, 4.69) is 15.1 Å². The Bertz CT molecular complexity index is 704. The topological polar surface area (TPSA) is 76.0 Å². The molecular formula is C13H20N4O2S2. The van der Waals surface area contributed by atoms with Crippen molar-refractivity contribution >= 4 is 27.0 Å². The molecule has 6 nitrogen and oxygen atoms in total. The Kier molecular flexibility index (Phi) is 5.02. The van der Waals surface area contributed by atoms with Crippen LogP contribution in [-0.2, 0) is 23.1 Å². The summed E-state index contributed by atoms with van der Waals surface area (Å²) in [6, 6.07) is 1.73. The predicted molar refractivity (Wildman–Crippen MR) is 85.1 cm³/mol. The number of sulfonamides is 1. The lowest BCUT2D eigenvalue weighted by atomic mass is 10.4. The van der Waals surface area contributed by atoms with Crippen molar-refractivity contribution in [2.45, 2.75) is 38.8 Å². The summed E-state index contributed by atoms with van der Waals surface area (Å²) in [5.41, 5.74) is 0.482. The molecule has 0 fully saturated rings. The van der Waals surface area contributed by atoms with Crippen molar-refractivity contribution < 1.29 is 8.42 Å². The molecule has 2 heterocycles. The van der Waals surface area contributed by atoms with Gasteiger partial charge >= 0.3 is 0 Å². The van der Waals surface area contributed by atoms with E-state index in [-0.39, 0.29) is 0 Å². The lowest BCUT2D eigenvalue weighted by Gasteiger charge is -2.04. The molecule has 0 aliphatic carbocycles. The van der Waals surface area contributed by atoms with Gasteiger partial charge in [0.25, 0.3) is 10.0 Å². The van der Waals surface area contributed by atoms with Gasteiger partial charge in [0.05, 0.1) is 11.9 Å². The van der Waals surface area contributed by atoms with Crippen LogP contribution in [0.5, 0.6) is 0 Å². The van der Waals surface area contributed by atoms with Crippen molar-refractivity contribution in [3.05, 3.63) is 28.2 Å². The van der Waals surface area contributed by atoms with Gasteiger partial charge in [-0.3, -0.25) is 9.40 Å². The van der Waals surface area contributed by atoms with Crippen LogP contribution in [-0.4, -0.2) is 24.7 Å². The molecule has 0 saturated heterocycles. The quantitative estimate of drug-likeness (QED) is 0.817. The molecule has 116 valence electrons. The number of aryl methyl sites for hydroxylation is 2. The summed E-state index contributed by atoms with van der Waals surface area (Å²) < 4.78 is 29.1. The highest BCUT2D eigenvalue weighted by atomic mass is 32.2. The average molecular weight is 328 g/mol. The molecule has 0 saturated carbocycles. The molecule has 2 aromatic rings. The van der Waals surface area contributed by atoms with Crippen LogP contribution in [0.25, 0.3) is 0 Å². The number of rotatable bonds is 7. The van der Waals surface area contributed by atoms with Crippen LogP contribution in [0, 0.1) is 6.92 Å². The minimum Gasteiger partial charge on any atom is -0.312 e.